The van der Waals surface area contributed by atoms with Gasteiger partial charge in [0.2, 0.25) is 59.1 Å². The highest BCUT2D eigenvalue weighted by molar-refractivity contribution is 7.80. The summed E-state index contributed by atoms with van der Waals surface area (Å²) in [5.41, 5.74) is 23.5. The number of para-hydroxylation sites is 1. The third-order valence-corrected chi connectivity index (χ3v) is 14.9. The highest BCUT2D eigenvalue weighted by Gasteiger charge is 2.37. The normalized spacial score (nSPS) is 14.5. The number of nitrogens with one attached hydrogen (secondary N) is 16. The molecule has 0 aliphatic heterocycles. The van der Waals surface area contributed by atoms with Crippen LogP contribution in [0.2, 0.25) is 0 Å². The minimum atomic E-state index is -1.81. The van der Waals surface area contributed by atoms with Crippen molar-refractivity contribution >= 4 is 106 Å². The van der Waals surface area contributed by atoms with Gasteiger partial charge in [-0.15, -0.1) is 0 Å². The van der Waals surface area contributed by atoms with Gasteiger partial charge in [-0.1, -0.05) is 68.8 Å². The van der Waals surface area contributed by atoms with E-state index < -0.39 is 150 Å². The number of nitrogens with two attached hydrogens (primary N) is 4. The molecule has 1 aromatic heterocycles. The molecule has 1 heterocycles. The van der Waals surface area contributed by atoms with Crippen molar-refractivity contribution in [1.29, 1.82) is 16.2 Å². The highest BCUT2D eigenvalue weighted by atomic mass is 32.1. The Morgan fingerprint density at radius 3 is 1.38 bits per heavy atom. The number of aliphatic hydroxyl groups is 1. The van der Waals surface area contributed by atoms with Crippen LogP contribution in [0.25, 0.3) is 10.9 Å². The van der Waals surface area contributed by atoms with Crippen LogP contribution in [0.15, 0.2) is 60.8 Å². The van der Waals surface area contributed by atoms with Crippen LogP contribution in [0.3, 0.4) is 0 Å². The Labute approximate surface area is 537 Å². The number of carboxylic acids is 1. The third kappa shape index (κ3) is 27.2. The molecule has 0 saturated carbocycles. The van der Waals surface area contributed by atoms with Crippen LogP contribution in [-0.2, 0) is 65.6 Å². The van der Waals surface area contributed by atoms with Crippen LogP contribution < -0.4 is 86.7 Å². The number of thiol groups is 1. The summed E-state index contributed by atoms with van der Waals surface area (Å²) >= 11 is 4.25. The zero-order chi connectivity index (χ0) is 68.6. The van der Waals surface area contributed by atoms with Crippen LogP contribution >= 0.6 is 12.6 Å². The highest BCUT2D eigenvalue weighted by Crippen LogP contribution is 2.20. The summed E-state index contributed by atoms with van der Waals surface area (Å²) in [5.74, 6) is -12.6. The number of amides is 10. The van der Waals surface area contributed by atoms with Crippen molar-refractivity contribution in [1.82, 2.24) is 68.8 Å². The van der Waals surface area contributed by atoms with Gasteiger partial charge in [-0.05, 0) is 75.0 Å². The third-order valence-electron chi connectivity index (χ3n) is 14.5. The molecule has 11 atom stereocenters. The molecular weight excluding hydrogens is 1220 g/mol. The smallest absolute Gasteiger partial charge is 0.326 e. The molecule has 0 spiro atoms. The Hall–Kier alpha value is -9.73. The molecule has 92 heavy (non-hydrogen) atoms. The number of hydrogen-bond donors (Lipinski definition) is 23. The largest absolute Gasteiger partial charge is 0.480 e. The Morgan fingerprint density at radius 2 is 0.924 bits per heavy atom. The zero-order valence-corrected chi connectivity index (χ0v) is 52.8. The van der Waals surface area contributed by atoms with Gasteiger partial charge in [0.05, 0.1) is 6.10 Å². The van der Waals surface area contributed by atoms with Crippen molar-refractivity contribution in [2.24, 2.45) is 28.9 Å². The Bertz CT molecular complexity index is 3040. The number of rotatable bonds is 41. The number of aromatic nitrogens is 1. The van der Waals surface area contributed by atoms with E-state index in [2.05, 4.69) is 81.4 Å². The minimum absolute atomic E-state index is 0.0559. The van der Waals surface area contributed by atoms with E-state index in [0.717, 1.165) is 6.92 Å². The maximum atomic E-state index is 14.9. The first-order valence-electron chi connectivity index (χ1n) is 29.9. The summed E-state index contributed by atoms with van der Waals surface area (Å²) in [6, 6.07) is 1.96. The Kier molecular flexibility index (Phi) is 32.8. The number of H-pyrrole nitrogens is 1. The average Bonchev–Trinajstić information content (AvgIpc) is 1.65. The lowest BCUT2D eigenvalue weighted by Crippen LogP contribution is -2.62. The van der Waals surface area contributed by atoms with Gasteiger partial charge in [-0.3, -0.25) is 64.2 Å². The summed E-state index contributed by atoms with van der Waals surface area (Å²) in [6.07, 6.45) is -0.714. The molecule has 0 bridgehead atoms. The number of guanidine groups is 3. The maximum absolute atomic E-state index is 14.9. The van der Waals surface area contributed by atoms with E-state index in [1.807, 2.05) is 0 Å². The van der Waals surface area contributed by atoms with Crippen LogP contribution in [0, 0.1) is 22.1 Å². The van der Waals surface area contributed by atoms with E-state index in [0.29, 0.717) is 28.5 Å². The molecule has 2 aromatic carbocycles. The van der Waals surface area contributed by atoms with Crippen LogP contribution in [0.5, 0.6) is 0 Å². The number of hydrogen-bond acceptors (Lipinski definition) is 16. The lowest BCUT2D eigenvalue weighted by molar-refractivity contribution is -0.144. The van der Waals surface area contributed by atoms with Gasteiger partial charge < -0.3 is 102 Å². The summed E-state index contributed by atoms with van der Waals surface area (Å²) in [6.45, 7) is 6.01. The van der Waals surface area contributed by atoms with Gasteiger partial charge in [-0.25, -0.2) is 4.79 Å². The molecule has 0 radical (unpaired) electrons. The number of aliphatic carboxylic acids is 1. The lowest BCUT2D eigenvalue weighted by Gasteiger charge is -2.29. The summed E-state index contributed by atoms with van der Waals surface area (Å²) in [4.78, 5) is 154. The van der Waals surface area contributed by atoms with E-state index in [1.54, 1.807) is 74.6 Å². The number of carbonyl (C=O) groups excluding carboxylic acids is 10. The second kappa shape index (κ2) is 39.4. The molecule has 3 rings (SSSR count). The fourth-order valence-electron chi connectivity index (χ4n) is 9.40. The molecule has 0 fully saturated rings. The standard InChI is InChI=1S/C58H90N20O13S/c1-5-30(2)45(55(90)91)77-50(85)39(20-13-25-68-58(64)65)73-54(89)46(31(3)79)78-53(88)43(29-92)76-49(84)40(21-22-44(59)81)72-52(87)42(27-34-28-69-36-17-10-9-16-35(34)36)75-51(86)41(26-33-14-7-6-8-15-33)74-48(83)38(19-12-24-67-57(62)63)71-47(82)37(70-32(4)80)18-11-23-66-56(60)61/h6-10,14-17,28,30-31,37-43,45-46,69,79,92H,5,11-13,18-27,29H2,1-4H3,(H2,59,81)(H,70,80)(H,71,82)(H,72,87)(H,73,89)(H,74,83)(H,75,86)(H,76,84)(H,77,85)(H,78,88)(H,90,91)(H4,60,61,66)(H4,62,63,67)(H4,64,65,68)/t30-,31+,37-,38-,39-,40-,41-,42-,43-,45-,46-/m0/s1. The number of carbonyl (C=O) groups is 11. The second-order valence-corrected chi connectivity index (χ2v) is 22.3. The van der Waals surface area contributed by atoms with Crippen molar-refractivity contribution in [3.63, 3.8) is 0 Å². The first kappa shape index (κ1) is 76.5. The predicted molar refractivity (Wildman–Crippen MR) is 344 cm³/mol. The Morgan fingerprint density at radius 1 is 0.522 bits per heavy atom. The topological polar surface area (TPSA) is 564 Å². The van der Waals surface area contributed by atoms with Crippen molar-refractivity contribution < 1.29 is 63.0 Å². The molecular formula is C58H90N20O13S. The molecule has 0 saturated heterocycles. The number of fused-ring (bicyclic) bond motifs is 1. The van der Waals surface area contributed by atoms with Crippen LogP contribution in [-0.4, -0.2) is 184 Å². The van der Waals surface area contributed by atoms with Gasteiger partial charge in [0, 0.05) is 68.7 Å². The van der Waals surface area contributed by atoms with E-state index in [-0.39, 0.29) is 88.9 Å². The molecule has 3 aromatic rings. The van der Waals surface area contributed by atoms with E-state index in [9.17, 15) is 63.0 Å². The predicted octanol–water partition coefficient (Wildman–Crippen LogP) is -4.17. The van der Waals surface area contributed by atoms with Gasteiger partial charge in [-0.2, -0.15) is 12.6 Å². The minimum Gasteiger partial charge on any atom is -0.480 e. The summed E-state index contributed by atoms with van der Waals surface area (Å²) in [7, 11) is 0. The number of aromatic amines is 1. The van der Waals surface area contributed by atoms with Crippen molar-refractivity contribution in [3.8, 4) is 0 Å². The number of primary amides is 1. The van der Waals surface area contributed by atoms with Crippen LogP contribution in [0.1, 0.15) is 96.6 Å². The number of carboxylic acid groups (broad SMARTS) is 1. The van der Waals surface area contributed by atoms with E-state index in [4.69, 9.17) is 39.2 Å². The van der Waals surface area contributed by atoms with Gasteiger partial charge in [0.15, 0.2) is 17.9 Å². The zero-order valence-electron chi connectivity index (χ0n) is 51.9. The molecule has 0 aliphatic rings. The molecule has 0 unspecified atom stereocenters. The number of benzene rings is 2. The van der Waals surface area contributed by atoms with Gasteiger partial charge in [0.1, 0.15) is 54.4 Å². The molecule has 26 N–H and O–H groups in total. The fourth-order valence-corrected chi connectivity index (χ4v) is 9.65. The van der Waals surface area contributed by atoms with Crippen molar-refractivity contribution in [2.45, 2.75) is 159 Å². The quantitative estimate of drug-likeness (QED) is 0.0111. The van der Waals surface area contributed by atoms with Gasteiger partial charge >= 0.3 is 5.97 Å². The number of aliphatic hydroxyl groups excluding tert-OH is 1. The first-order valence-corrected chi connectivity index (χ1v) is 30.5. The van der Waals surface area contributed by atoms with Gasteiger partial charge in [0.25, 0.3) is 0 Å². The summed E-state index contributed by atoms with van der Waals surface area (Å²) < 4.78 is 0. The van der Waals surface area contributed by atoms with E-state index in [1.165, 1.54) is 6.92 Å². The molecule has 506 valence electrons. The Balaban J connectivity index is 2.02. The first-order chi connectivity index (χ1) is 43.5. The molecule has 33 nitrogen and oxygen atoms in total. The monoisotopic (exact) mass is 1310 g/mol. The van der Waals surface area contributed by atoms with Crippen molar-refractivity contribution in [2.75, 3.05) is 25.4 Å². The molecule has 34 heteroatoms. The fraction of sp³-hybridized carbons (Fsp3) is 0.517. The van der Waals surface area contributed by atoms with Crippen molar-refractivity contribution in [3.05, 3.63) is 71.9 Å². The summed E-state index contributed by atoms with van der Waals surface area (Å²) in [5, 5.41) is 74.5. The lowest BCUT2D eigenvalue weighted by atomic mass is 9.98. The molecule has 0 aliphatic carbocycles. The second-order valence-electron chi connectivity index (χ2n) is 21.9. The SMILES string of the molecule is CC[C@H](C)[C@H](NC(=O)[C@H](CCCNC(=N)N)NC(=O)[C@@H](NC(=O)[C@H](CS)NC(=O)[C@H](CCC(N)=O)NC(=O)[C@H](Cc1c[nH]c2ccccc12)NC(=O)[C@H](Cc1ccccc1)NC(=O)[C@H](CCCNC(=N)N)NC(=O)[C@H](CCCNC(=N)N)NC(C)=O)[C@@H](C)O)C(=O)O. The van der Waals surface area contributed by atoms with E-state index >= 15 is 0 Å². The van der Waals surface area contributed by atoms with Crippen LogP contribution in [0.4, 0.5) is 0 Å². The molecule has 10 amide bonds. The maximum Gasteiger partial charge on any atom is 0.326 e. The average molecular weight is 1310 g/mol.